The van der Waals surface area contributed by atoms with E-state index < -0.39 is 0 Å². The minimum Gasteiger partial charge on any atom is -0.374 e. The maximum atomic E-state index is 5.72. The standard InChI is InChI=1S/C12H20BrN3O/c1-10-9-17-12(7-13)8-16(10)6-5-15-4-3-14-11(15)2/h3-4,10,12H,5-9H2,1-2H3. The Morgan fingerprint density at radius 1 is 1.53 bits per heavy atom. The lowest BCUT2D eigenvalue weighted by molar-refractivity contribution is -0.0475. The van der Waals surface area contributed by atoms with Gasteiger partial charge in [0.15, 0.2) is 0 Å². The number of rotatable bonds is 4. The number of imidazole rings is 1. The highest BCUT2D eigenvalue weighted by Crippen LogP contribution is 2.13. The van der Waals surface area contributed by atoms with E-state index in [1.807, 2.05) is 19.3 Å². The molecular weight excluding hydrogens is 282 g/mol. The van der Waals surface area contributed by atoms with Crippen molar-refractivity contribution >= 4 is 15.9 Å². The molecular formula is C12H20BrN3O. The van der Waals surface area contributed by atoms with Gasteiger partial charge in [-0.1, -0.05) is 15.9 Å². The van der Waals surface area contributed by atoms with Crippen molar-refractivity contribution in [2.24, 2.45) is 0 Å². The minimum absolute atomic E-state index is 0.329. The predicted octanol–water partition coefficient (Wildman–Crippen LogP) is 1.68. The Bertz CT molecular complexity index is 355. The van der Waals surface area contributed by atoms with Gasteiger partial charge in [0.05, 0.1) is 12.7 Å². The molecule has 0 spiro atoms. The summed E-state index contributed by atoms with van der Waals surface area (Å²) in [5, 5.41) is 0.917. The summed E-state index contributed by atoms with van der Waals surface area (Å²) in [5.41, 5.74) is 0. The van der Waals surface area contributed by atoms with Crippen molar-refractivity contribution in [1.82, 2.24) is 14.5 Å². The van der Waals surface area contributed by atoms with Gasteiger partial charge in [-0.25, -0.2) is 4.98 Å². The maximum absolute atomic E-state index is 5.72. The molecule has 1 aromatic heterocycles. The predicted molar refractivity (Wildman–Crippen MR) is 71.5 cm³/mol. The summed E-state index contributed by atoms with van der Waals surface area (Å²) in [7, 11) is 0. The maximum Gasteiger partial charge on any atom is 0.105 e. The van der Waals surface area contributed by atoms with Gasteiger partial charge in [0.25, 0.3) is 0 Å². The molecule has 1 aliphatic rings. The first-order valence-electron chi connectivity index (χ1n) is 6.10. The number of hydrogen-bond donors (Lipinski definition) is 0. The van der Waals surface area contributed by atoms with Crippen LogP contribution < -0.4 is 0 Å². The Morgan fingerprint density at radius 2 is 2.35 bits per heavy atom. The number of aryl methyl sites for hydroxylation is 1. The molecule has 2 unspecified atom stereocenters. The van der Waals surface area contributed by atoms with Crippen LogP contribution >= 0.6 is 15.9 Å². The summed E-state index contributed by atoms with van der Waals surface area (Å²) in [6.45, 7) is 8.19. The van der Waals surface area contributed by atoms with Crippen LogP contribution in [-0.2, 0) is 11.3 Å². The first-order valence-corrected chi connectivity index (χ1v) is 7.22. The normalized spacial score (nSPS) is 26.3. The summed E-state index contributed by atoms with van der Waals surface area (Å²) in [4.78, 5) is 6.74. The fourth-order valence-electron chi connectivity index (χ4n) is 2.16. The largest absolute Gasteiger partial charge is 0.374 e. The van der Waals surface area contributed by atoms with Gasteiger partial charge >= 0.3 is 0 Å². The third kappa shape index (κ3) is 3.30. The number of hydrogen-bond acceptors (Lipinski definition) is 3. The zero-order valence-electron chi connectivity index (χ0n) is 10.5. The number of halogens is 1. The zero-order valence-corrected chi connectivity index (χ0v) is 12.1. The molecule has 0 radical (unpaired) electrons. The average Bonchev–Trinajstić information content (AvgIpc) is 2.74. The molecule has 0 N–H and O–H groups in total. The Kier molecular flexibility index (Phi) is 4.59. The van der Waals surface area contributed by atoms with Crippen molar-refractivity contribution < 1.29 is 4.74 Å². The first-order chi connectivity index (χ1) is 8.20. The van der Waals surface area contributed by atoms with Crippen molar-refractivity contribution in [2.45, 2.75) is 32.5 Å². The third-order valence-corrected chi connectivity index (χ3v) is 4.08. The molecule has 0 aromatic carbocycles. The lowest BCUT2D eigenvalue weighted by atomic mass is 10.2. The van der Waals surface area contributed by atoms with Gasteiger partial charge in [-0.3, -0.25) is 4.90 Å². The Morgan fingerprint density at radius 3 is 3.00 bits per heavy atom. The molecule has 2 atom stereocenters. The lowest BCUT2D eigenvalue weighted by Crippen LogP contribution is -2.49. The van der Waals surface area contributed by atoms with E-state index in [2.05, 4.69) is 37.3 Å². The molecule has 2 heterocycles. The molecule has 0 amide bonds. The van der Waals surface area contributed by atoms with E-state index in [9.17, 15) is 0 Å². The molecule has 1 aromatic rings. The smallest absolute Gasteiger partial charge is 0.105 e. The van der Waals surface area contributed by atoms with Crippen LogP contribution in [0.2, 0.25) is 0 Å². The number of morpholine rings is 1. The minimum atomic E-state index is 0.329. The molecule has 0 saturated carbocycles. The third-order valence-electron chi connectivity index (χ3n) is 3.36. The number of alkyl halides is 1. The summed E-state index contributed by atoms with van der Waals surface area (Å²) in [5.74, 6) is 1.09. The van der Waals surface area contributed by atoms with E-state index >= 15 is 0 Å². The first kappa shape index (κ1) is 13.1. The molecule has 2 rings (SSSR count). The van der Waals surface area contributed by atoms with Gasteiger partial charge in [-0.2, -0.15) is 0 Å². The fraction of sp³-hybridized carbons (Fsp3) is 0.750. The van der Waals surface area contributed by atoms with E-state index in [0.717, 1.165) is 37.4 Å². The summed E-state index contributed by atoms with van der Waals surface area (Å²) in [6, 6.07) is 0.508. The molecule has 1 aliphatic heterocycles. The molecule has 96 valence electrons. The van der Waals surface area contributed by atoms with Gasteiger partial charge in [-0.05, 0) is 13.8 Å². The molecule has 1 fully saturated rings. The second-order valence-electron chi connectivity index (χ2n) is 4.62. The molecule has 0 bridgehead atoms. The number of ether oxygens (including phenoxy) is 1. The molecule has 0 aliphatic carbocycles. The van der Waals surface area contributed by atoms with Gasteiger partial charge in [0.2, 0.25) is 0 Å². The highest BCUT2D eigenvalue weighted by Gasteiger charge is 2.24. The summed E-state index contributed by atoms with van der Waals surface area (Å²) < 4.78 is 7.92. The molecule has 17 heavy (non-hydrogen) atoms. The highest BCUT2D eigenvalue weighted by atomic mass is 79.9. The van der Waals surface area contributed by atoms with Crippen LogP contribution in [0.5, 0.6) is 0 Å². The van der Waals surface area contributed by atoms with E-state index in [0.29, 0.717) is 12.1 Å². The van der Waals surface area contributed by atoms with Crippen LogP contribution in [0, 0.1) is 6.92 Å². The SMILES string of the molecule is Cc1nccn1CCN1CC(CBr)OCC1C. The van der Waals surface area contributed by atoms with Crippen molar-refractivity contribution in [3.63, 3.8) is 0 Å². The van der Waals surface area contributed by atoms with Crippen LogP contribution in [0.25, 0.3) is 0 Å². The molecule has 1 saturated heterocycles. The Hall–Kier alpha value is -0.390. The van der Waals surface area contributed by atoms with Gasteiger partial charge in [-0.15, -0.1) is 0 Å². The van der Waals surface area contributed by atoms with Crippen LogP contribution in [0.15, 0.2) is 12.4 Å². The second-order valence-corrected chi connectivity index (χ2v) is 5.27. The monoisotopic (exact) mass is 301 g/mol. The number of nitrogens with zero attached hydrogens (tertiary/aromatic N) is 3. The van der Waals surface area contributed by atoms with E-state index in [1.54, 1.807) is 0 Å². The zero-order chi connectivity index (χ0) is 12.3. The quantitative estimate of drug-likeness (QED) is 0.793. The lowest BCUT2D eigenvalue weighted by Gasteiger charge is -2.37. The van der Waals surface area contributed by atoms with Gasteiger partial charge in [0.1, 0.15) is 5.82 Å². The average molecular weight is 302 g/mol. The Labute approximate surface area is 111 Å². The second kappa shape index (κ2) is 5.98. The summed E-state index contributed by atoms with van der Waals surface area (Å²) >= 11 is 3.49. The van der Waals surface area contributed by atoms with Crippen molar-refractivity contribution in [3.05, 3.63) is 18.2 Å². The van der Waals surface area contributed by atoms with Gasteiger partial charge < -0.3 is 9.30 Å². The van der Waals surface area contributed by atoms with Crippen LogP contribution in [-0.4, -0.2) is 51.6 Å². The van der Waals surface area contributed by atoms with E-state index in [1.165, 1.54) is 0 Å². The van der Waals surface area contributed by atoms with E-state index in [-0.39, 0.29) is 0 Å². The number of aromatic nitrogens is 2. The van der Waals surface area contributed by atoms with Crippen LogP contribution in [0.1, 0.15) is 12.7 Å². The van der Waals surface area contributed by atoms with Gasteiger partial charge in [0, 0.05) is 43.4 Å². The van der Waals surface area contributed by atoms with Crippen molar-refractivity contribution in [3.8, 4) is 0 Å². The van der Waals surface area contributed by atoms with Crippen LogP contribution in [0.4, 0.5) is 0 Å². The van der Waals surface area contributed by atoms with Crippen molar-refractivity contribution in [1.29, 1.82) is 0 Å². The summed E-state index contributed by atoms with van der Waals surface area (Å²) in [6.07, 6.45) is 4.23. The highest BCUT2D eigenvalue weighted by molar-refractivity contribution is 9.09. The van der Waals surface area contributed by atoms with E-state index in [4.69, 9.17) is 4.74 Å². The van der Waals surface area contributed by atoms with Crippen LogP contribution in [0.3, 0.4) is 0 Å². The Balaban J connectivity index is 1.87. The molecule has 5 heteroatoms. The van der Waals surface area contributed by atoms with Crippen molar-refractivity contribution in [2.75, 3.05) is 25.0 Å². The fourth-order valence-corrected chi connectivity index (χ4v) is 2.55. The topological polar surface area (TPSA) is 30.3 Å². The molecule has 4 nitrogen and oxygen atoms in total.